The summed E-state index contributed by atoms with van der Waals surface area (Å²) in [5, 5.41) is 0. The first kappa shape index (κ1) is 14.4. The van der Waals surface area contributed by atoms with Gasteiger partial charge in [0.15, 0.2) is 5.54 Å². The van der Waals surface area contributed by atoms with E-state index >= 15 is 0 Å². The number of rotatable bonds is 3. The van der Waals surface area contributed by atoms with Gasteiger partial charge in [-0.2, -0.15) is 0 Å². The highest BCUT2D eigenvalue weighted by molar-refractivity contribution is 6.16. The molecule has 2 aliphatic heterocycles. The van der Waals surface area contributed by atoms with Crippen molar-refractivity contribution in [2.45, 2.75) is 12.0 Å². The van der Waals surface area contributed by atoms with Crippen molar-refractivity contribution in [3.8, 4) is 0 Å². The van der Waals surface area contributed by atoms with Gasteiger partial charge in [0.25, 0.3) is 0 Å². The second-order valence-electron chi connectivity index (χ2n) is 5.60. The number of hydrogen-bond donors (Lipinski definition) is 0. The van der Waals surface area contributed by atoms with Gasteiger partial charge in [-0.1, -0.05) is 30.3 Å². The molecule has 3 rings (SSSR count). The number of benzene rings is 1. The highest BCUT2D eigenvalue weighted by Gasteiger charge is 2.63. The first-order valence-electron chi connectivity index (χ1n) is 7.00. The zero-order chi connectivity index (χ0) is 15.9. The van der Waals surface area contributed by atoms with Crippen molar-refractivity contribution in [2.75, 3.05) is 14.2 Å². The van der Waals surface area contributed by atoms with Crippen LogP contribution in [-0.4, -0.2) is 48.6 Å². The van der Waals surface area contributed by atoms with Crippen molar-refractivity contribution in [1.29, 1.82) is 0 Å². The second kappa shape index (κ2) is 5.05. The Balaban J connectivity index is 2.05. The van der Waals surface area contributed by atoms with Gasteiger partial charge in [-0.3, -0.25) is 19.5 Å². The molecule has 6 heteroatoms. The standard InChI is InChI=1S/C16H16N2O4/c1-18-13(19)11-9-17-16(15(21)22-2,12(11)14(18)20)8-10-6-4-3-5-7-10/h3-7,9,11-12H,8H2,1-2H3/t11-,12+,16+/m1/s1. The third-order valence-electron chi connectivity index (χ3n) is 4.41. The molecular formula is C16H16N2O4. The molecule has 0 radical (unpaired) electrons. The lowest BCUT2D eigenvalue weighted by molar-refractivity contribution is -0.152. The van der Waals surface area contributed by atoms with Crippen LogP contribution in [0.15, 0.2) is 35.3 Å². The number of hydrogen-bond acceptors (Lipinski definition) is 5. The van der Waals surface area contributed by atoms with Crippen LogP contribution in [0, 0.1) is 11.8 Å². The number of aliphatic imine (C=N–C) groups is 1. The monoisotopic (exact) mass is 300 g/mol. The molecule has 1 fully saturated rings. The molecular weight excluding hydrogens is 284 g/mol. The van der Waals surface area contributed by atoms with E-state index in [1.54, 1.807) is 0 Å². The average Bonchev–Trinajstić information content (AvgIpc) is 3.02. The fourth-order valence-corrected chi connectivity index (χ4v) is 3.27. The third kappa shape index (κ3) is 1.87. The Morgan fingerprint density at radius 1 is 1.27 bits per heavy atom. The summed E-state index contributed by atoms with van der Waals surface area (Å²) in [4.78, 5) is 42.3. The molecule has 0 unspecified atom stereocenters. The molecule has 2 amide bonds. The molecule has 22 heavy (non-hydrogen) atoms. The molecule has 1 saturated heterocycles. The summed E-state index contributed by atoms with van der Waals surface area (Å²) in [7, 11) is 2.70. The van der Waals surface area contributed by atoms with E-state index in [-0.39, 0.29) is 18.2 Å². The van der Waals surface area contributed by atoms with Crippen LogP contribution in [0.5, 0.6) is 0 Å². The molecule has 0 aliphatic carbocycles. The van der Waals surface area contributed by atoms with Gasteiger partial charge in [0.2, 0.25) is 11.8 Å². The summed E-state index contributed by atoms with van der Waals surface area (Å²) < 4.78 is 4.90. The van der Waals surface area contributed by atoms with Crippen molar-refractivity contribution in [2.24, 2.45) is 16.8 Å². The Morgan fingerprint density at radius 3 is 2.59 bits per heavy atom. The summed E-state index contributed by atoms with van der Waals surface area (Å²) in [5.74, 6) is -2.79. The zero-order valence-electron chi connectivity index (χ0n) is 12.4. The molecule has 0 spiro atoms. The molecule has 0 bridgehead atoms. The highest BCUT2D eigenvalue weighted by Crippen LogP contribution is 2.43. The van der Waals surface area contributed by atoms with Gasteiger partial charge >= 0.3 is 5.97 Å². The minimum atomic E-state index is -1.36. The second-order valence-corrected chi connectivity index (χ2v) is 5.60. The minimum absolute atomic E-state index is 0.227. The molecule has 0 aromatic heterocycles. The van der Waals surface area contributed by atoms with Crippen LogP contribution in [-0.2, 0) is 25.5 Å². The lowest BCUT2D eigenvalue weighted by Gasteiger charge is -2.28. The summed E-state index contributed by atoms with van der Waals surface area (Å²) in [5.41, 5.74) is -0.501. The number of fused-ring (bicyclic) bond motifs is 1. The predicted octanol–water partition coefficient (Wildman–Crippen LogP) is 0.456. The molecule has 114 valence electrons. The van der Waals surface area contributed by atoms with Gasteiger partial charge < -0.3 is 4.74 Å². The molecule has 1 aromatic carbocycles. The van der Waals surface area contributed by atoms with E-state index in [1.165, 1.54) is 20.4 Å². The minimum Gasteiger partial charge on any atom is -0.467 e. The van der Waals surface area contributed by atoms with Gasteiger partial charge in [0.1, 0.15) is 0 Å². The molecule has 1 aromatic rings. The van der Waals surface area contributed by atoms with Crippen molar-refractivity contribution < 1.29 is 19.1 Å². The van der Waals surface area contributed by atoms with Crippen LogP contribution < -0.4 is 0 Å². The number of likely N-dealkylation sites (tertiary alicyclic amines) is 1. The number of carbonyl (C=O) groups excluding carboxylic acids is 3. The van der Waals surface area contributed by atoms with E-state index in [4.69, 9.17) is 4.74 Å². The van der Waals surface area contributed by atoms with Gasteiger partial charge in [-0.15, -0.1) is 0 Å². The Kier molecular flexibility index (Phi) is 3.31. The van der Waals surface area contributed by atoms with E-state index in [9.17, 15) is 14.4 Å². The molecule has 0 saturated carbocycles. The van der Waals surface area contributed by atoms with Crippen LogP contribution in [0.2, 0.25) is 0 Å². The lowest BCUT2D eigenvalue weighted by atomic mass is 9.76. The topological polar surface area (TPSA) is 76.0 Å². The van der Waals surface area contributed by atoms with E-state index in [0.29, 0.717) is 0 Å². The van der Waals surface area contributed by atoms with E-state index in [1.807, 2.05) is 30.3 Å². The maximum absolute atomic E-state index is 12.4. The normalized spacial score (nSPS) is 29.8. The van der Waals surface area contributed by atoms with Crippen LogP contribution in [0.4, 0.5) is 0 Å². The van der Waals surface area contributed by atoms with Gasteiger partial charge in [0.05, 0.1) is 18.9 Å². The molecule has 2 aliphatic rings. The molecule has 0 N–H and O–H groups in total. The molecule has 2 heterocycles. The third-order valence-corrected chi connectivity index (χ3v) is 4.41. The van der Waals surface area contributed by atoms with Crippen molar-refractivity contribution >= 4 is 24.0 Å². The summed E-state index contributed by atoms with van der Waals surface area (Å²) >= 11 is 0. The van der Waals surface area contributed by atoms with Gasteiger partial charge in [-0.05, 0) is 5.56 Å². The fourth-order valence-electron chi connectivity index (χ4n) is 3.27. The van der Waals surface area contributed by atoms with Gasteiger partial charge in [-0.25, -0.2) is 4.79 Å². The van der Waals surface area contributed by atoms with Crippen LogP contribution in [0.1, 0.15) is 5.56 Å². The van der Waals surface area contributed by atoms with E-state index in [0.717, 1.165) is 10.5 Å². The number of esters is 1. The highest BCUT2D eigenvalue weighted by atomic mass is 16.5. The first-order chi connectivity index (χ1) is 10.5. The Labute approximate surface area is 127 Å². The first-order valence-corrected chi connectivity index (χ1v) is 7.00. The van der Waals surface area contributed by atoms with Crippen molar-refractivity contribution in [3.63, 3.8) is 0 Å². The largest absolute Gasteiger partial charge is 0.467 e. The van der Waals surface area contributed by atoms with E-state index in [2.05, 4.69) is 4.99 Å². The smallest absolute Gasteiger partial charge is 0.334 e. The number of methoxy groups -OCH3 is 1. The summed E-state index contributed by atoms with van der Waals surface area (Å²) in [6.07, 6.45) is 1.65. The molecule has 3 atom stereocenters. The summed E-state index contributed by atoms with van der Waals surface area (Å²) in [6, 6.07) is 9.29. The SMILES string of the molecule is COC(=O)[C@@]1(Cc2ccccc2)N=C[C@H]2C(=O)N(C)C(=O)[C@H]21. The van der Waals surface area contributed by atoms with E-state index < -0.39 is 23.3 Å². The molecule has 6 nitrogen and oxygen atoms in total. The number of imide groups is 1. The Hall–Kier alpha value is -2.50. The fraction of sp³-hybridized carbons (Fsp3) is 0.375. The number of carbonyl (C=O) groups is 3. The van der Waals surface area contributed by atoms with Gasteiger partial charge in [0, 0.05) is 19.7 Å². The lowest BCUT2D eigenvalue weighted by Crippen LogP contribution is -2.49. The maximum Gasteiger partial charge on any atom is 0.334 e. The maximum atomic E-state index is 12.4. The average molecular weight is 300 g/mol. The summed E-state index contributed by atoms with van der Waals surface area (Å²) in [6.45, 7) is 0. The predicted molar refractivity (Wildman–Crippen MR) is 78.1 cm³/mol. The number of ether oxygens (including phenoxy) is 1. The Morgan fingerprint density at radius 2 is 1.95 bits per heavy atom. The van der Waals surface area contributed by atoms with Crippen molar-refractivity contribution in [1.82, 2.24) is 4.90 Å². The van der Waals surface area contributed by atoms with Crippen LogP contribution in [0.25, 0.3) is 0 Å². The van der Waals surface area contributed by atoms with Crippen LogP contribution >= 0.6 is 0 Å². The van der Waals surface area contributed by atoms with Crippen LogP contribution in [0.3, 0.4) is 0 Å². The zero-order valence-corrected chi connectivity index (χ0v) is 12.4. The Bertz CT molecular complexity index is 670. The quantitative estimate of drug-likeness (QED) is 0.600. The number of nitrogens with zero attached hydrogens (tertiary/aromatic N) is 2. The number of amides is 2. The van der Waals surface area contributed by atoms with Crippen molar-refractivity contribution in [3.05, 3.63) is 35.9 Å².